The van der Waals surface area contributed by atoms with Crippen molar-refractivity contribution in [3.8, 4) is 5.69 Å². The van der Waals surface area contributed by atoms with Crippen molar-refractivity contribution >= 4 is 40.6 Å². The number of carbonyl (C=O) groups excluding carboxylic acids is 2. The molecule has 0 aliphatic rings. The lowest BCUT2D eigenvalue weighted by Gasteiger charge is -2.03. The Labute approximate surface area is 156 Å². The summed E-state index contributed by atoms with van der Waals surface area (Å²) in [6.07, 6.45) is 0. The van der Waals surface area contributed by atoms with Gasteiger partial charge in [0.25, 0.3) is 5.91 Å². The molecule has 3 aromatic rings. The van der Waals surface area contributed by atoms with Gasteiger partial charge < -0.3 is 5.32 Å². The van der Waals surface area contributed by atoms with Gasteiger partial charge >= 0.3 is 0 Å². The number of hydrogen-bond donors (Lipinski definition) is 1. The van der Waals surface area contributed by atoms with Crippen LogP contribution in [0.3, 0.4) is 0 Å². The highest BCUT2D eigenvalue weighted by atomic mass is 35.5. The molecule has 0 radical (unpaired) electrons. The van der Waals surface area contributed by atoms with Gasteiger partial charge in [0.05, 0.1) is 5.69 Å². The first-order valence-corrected chi connectivity index (χ1v) is 8.56. The Morgan fingerprint density at radius 2 is 1.81 bits per heavy atom. The number of hydrogen-bond acceptors (Lipinski definition) is 4. The fraction of sp³-hybridized carbons (Fsp3) is 0.0588. The number of benzene rings is 2. The molecule has 6 nitrogen and oxygen atoms in total. The molecule has 2 amide bonds. The lowest BCUT2D eigenvalue weighted by molar-refractivity contribution is -0.116. The summed E-state index contributed by atoms with van der Waals surface area (Å²) in [5.41, 5.74) is 1.06. The van der Waals surface area contributed by atoms with Crippen LogP contribution in [0.5, 0.6) is 0 Å². The van der Waals surface area contributed by atoms with Crippen LogP contribution in [-0.2, 0) is 4.79 Å². The number of halogens is 2. The molecule has 9 heteroatoms. The first-order chi connectivity index (χ1) is 12.4. The summed E-state index contributed by atoms with van der Waals surface area (Å²) >= 11 is 6.83. The Bertz CT molecular complexity index is 1030. The fourth-order valence-corrected chi connectivity index (χ4v) is 3.07. The standard InChI is InChI=1S/C17H12ClFN4O2S/c1-10(24)20-17-15(16(25)21-13-6-2-11(18)3-7-13)22-23(26-17)14-8-4-12(19)5-9-14/h2-9H,1H3,(H,21,25). The summed E-state index contributed by atoms with van der Waals surface area (Å²) in [6.45, 7) is 1.28. The van der Waals surface area contributed by atoms with E-state index in [0.29, 0.717) is 16.4 Å². The van der Waals surface area contributed by atoms with Gasteiger partial charge in [0.1, 0.15) is 5.82 Å². The summed E-state index contributed by atoms with van der Waals surface area (Å²) in [7, 11) is 0. The predicted molar refractivity (Wildman–Crippen MR) is 97.0 cm³/mol. The predicted octanol–water partition coefficient (Wildman–Crippen LogP) is 3.43. The molecule has 0 saturated heterocycles. The zero-order valence-electron chi connectivity index (χ0n) is 13.4. The van der Waals surface area contributed by atoms with E-state index >= 15 is 0 Å². The van der Waals surface area contributed by atoms with E-state index in [2.05, 4.69) is 15.4 Å². The second-order valence-electron chi connectivity index (χ2n) is 5.19. The van der Waals surface area contributed by atoms with Gasteiger partial charge in [0.2, 0.25) is 5.91 Å². The highest BCUT2D eigenvalue weighted by Gasteiger charge is 2.16. The molecule has 132 valence electrons. The quantitative estimate of drug-likeness (QED) is 0.744. The molecule has 0 spiro atoms. The van der Waals surface area contributed by atoms with Crippen LogP contribution in [0.2, 0.25) is 5.02 Å². The van der Waals surface area contributed by atoms with E-state index in [1.807, 2.05) is 0 Å². The molecular weight excluding hydrogens is 379 g/mol. The Morgan fingerprint density at radius 1 is 1.15 bits per heavy atom. The number of nitrogens with one attached hydrogen (secondary N) is 1. The topological polar surface area (TPSA) is 76.3 Å². The molecule has 0 aliphatic heterocycles. The maximum Gasteiger partial charge on any atom is 0.279 e. The average molecular weight is 391 g/mol. The third-order valence-corrected chi connectivity index (χ3v) is 4.36. The second kappa shape index (κ2) is 7.59. The Balaban J connectivity index is 1.99. The van der Waals surface area contributed by atoms with Crippen LogP contribution in [0.15, 0.2) is 53.5 Å². The normalized spacial score (nSPS) is 11.4. The van der Waals surface area contributed by atoms with Gasteiger partial charge in [-0.3, -0.25) is 9.59 Å². The third-order valence-electron chi connectivity index (χ3n) is 3.19. The fourth-order valence-electron chi connectivity index (χ4n) is 2.04. The molecule has 1 N–H and O–H groups in total. The summed E-state index contributed by atoms with van der Waals surface area (Å²) < 4.78 is 14.7. The van der Waals surface area contributed by atoms with Gasteiger partial charge in [0, 0.05) is 17.6 Å². The van der Waals surface area contributed by atoms with Gasteiger partial charge in [-0.05, 0) is 60.1 Å². The first-order valence-electron chi connectivity index (χ1n) is 7.41. The molecule has 0 fully saturated rings. The largest absolute Gasteiger partial charge is 0.320 e. The van der Waals surface area contributed by atoms with Crippen molar-refractivity contribution < 1.29 is 14.0 Å². The van der Waals surface area contributed by atoms with Gasteiger partial charge in [-0.25, -0.2) is 4.39 Å². The first kappa shape index (κ1) is 18.0. The van der Waals surface area contributed by atoms with E-state index in [0.717, 1.165) is 11.5 Å². The van der Waals surface area contributed by atoms with E-state index in [1.165, 1.54) is 35.3 Å². The molecular formula is C17H12ClFN4O2S. The van der Waals surface area contributed by atoms with Crippen LogP contribution in [0.4, 0.5) is 10.1 Å². The van der Waals surface area contributed by atoms with Crippen LogP contribution in [0.1, 0.15) is 17.4 Å². The van der Waals surface area contributed by atoms with Crippen molar-refractivity contribution in [2.45, 2.75) is 6.92 Å². The van der Waals surface area contributed by atoms with Crippen molar-refractivity contribution in [2.24, 2.45) is 4.99 Å². The Morgan fingerprint density at radius 3 is 2.42 bits per heavy atom. The minimum atomic E-state index is -0.524. The van der Waals surface area contributed by atoms with Crippen LogP contribution in [-0.4, -0.2) is 21.0 Å². The van der Waals surface area contributed by atoms with Crippen molar-refractivity contribution in [1.29, 1.82) is 0 Å². The van der Waals surface area contributed by atoms with Crippen molar-refractivity contribution in [2.75, 3.05) is 5.32 Å². The van der Waals surface area contributed by atoms with Gasteiger partial charge in [-0.1, -0.05) is 11.6 Å². The number of carbonyl (C=O) groups is 2. The number of amides is 2. The maximum atomic E-state index is 13.1. The van der Waals surface area contributed by atoms with E-state index in [1.54, 1.807) is 24.3 Å². The third kappa shape index (κ3) is 4.22. The highest BCUT2D eigenvalue weighted by Crippen LogP contribution is 2.15. The molecule has 0 aliphatic carbocycles. The lowest BCUT2D eigenvalue weighted by Crippen LogP contribution is -2.20. The molecule has 3 rings (SSSR count). The Hall–Kier alpha value is -2.84. The van der Waals surface area contributed by atoms with E-state index in [9.17, 15) is 14.0 Å². The second-order valence-corrected chi connectivity index (χ2v) is 6.54. The lowest BCUT2D eigenvalue weighted by atomic mass is 10.3. The average Bonchev–Trinajstić information content (AvgIpc) is 3.01. The summed E-state index contributed by atoms with van der Waals surface area (Å²) in [6, 6.07) is 12.1. The monoisotopic (exact) mass is 390 g/mol. The summed E-state index contributed by atoms with van der Waals surface area (Å²) in [5.74, 6) is -1.37. The van der Waals surface area contributed by atoms with E-state index in [-0.39, 0.29) is 16.2 Å². The Kier molecular flexibility index (Phi) is 5.24. The SMILES string of the molecule is CC(=O)N=c1sn(-c2ccc(F)cc2)nc1C(=O)Nc1ccc(Cl)cc1. The zero-order valence-corrected chi connectivity index (χ0v) is 15.0. The van der Waals surface area contributed by atoms with Crippen LogP contribution < -0.4 is 9.99 Å². The van der Waals surface area contributed by atoms with E-state index in [4.69, 9.17) is 11.6 Å². The van der Waals surface area contributed by atoms with Crippen LogP contribution >= 0.6 is 23.1 Å². The molecule has 1 heterocycles. The molecule has 0 bridgehead atoms. The minimum absolute atomic E-state index is 0.00975. The van der Waals surface area contributed by atoms with Gasteiger partial charge in [-0.2, -0.15) is 9.06 Å². The van der Waals surface area contributed by atoms with Crippen molar-refractivity contribution in [1.82, 2.24) is 9.17 Å². The van der Waals surface area contributed by atoms with Crippen molar-refractivity contribution in [3.63, 3.8) is 0 Å². The van der Waals surface area contributed by atoms with Crippen LogP contribution in [0, 0.1) is 5.82 Å². The minimum Gasteiger partial charge on any atom is -0.320 e. The smallest absolute Gasteiger partial charge is 0.279 e. The van der Waals surface area contributed by atoms with Crippen molar-refractivity contribution in [3.05, 3.63) is 69.7 Å². The van der Waals surface area contributed by atoms with Gasteiger partial charge in [0.15, 0.2) is 10.4 Å². The molecule has 1 aromatic heterocycles. The van der Waals surface area contributed by atoms with Gasteiger partial charge in [-0.15, -0.1) is 5.10 Å². The molecule has 0 saturated carbocycles. The molecule has 0 atom stereocenters. The summed E-state index contributed by atoms with van der Waals surface area (Å²) in [4.78, 5) is 27.8. The van der Waals surface area contributed by atoms with E-state index < -0.39 is 11.8 Å². The highest BCUT2D eigenvalue weighted by molar-refractivity contribution is 7.04. The summed E-state index contributed by atoms with van der Waals surface area (Å²) in [5, 5.41) is 7.42. The van der Waals surface area contributed by atoms with Crippen LogP contribution in [0.25, 0.3) is 5.69 Å². The molecule has 0 unspecified atom stereocenters. The zero-order chi connectivity index (χ0) is 18.7. The number of anilines is 1. The molecule has 26 heavy (non-hydrogen) atoms. The maximum absolute atomic E-state index is 13.1. The number of rotatable bonds is 3. The molecule has 2 aromatic carbocycles. The number of aromatic nitrogens is 2. The number of nitrogens with zero attached hydrogens (tertiary/aromatic N) is 3.